The van der Waals surface area contributed by atoms with Crippen molar-refractivity contribution in [2.45, 2.75) is 51.0 Å². The number of nitrogens with zero attached hydrogens (tertiary/aromatic N) is 1. The summed E-state index contributed by atoms with van der Waals surface area (Å²) < 4.78 is 24.2. The predicted molar refractivity (Wildman–Crippen MR) is 87.0 cm³/mol. The zero-order chi connectivity index (χ0) is 15.2. The van der Waals surface area contributed by atoms with Gasteiger partial charge in [0, 0.05) is 19.6 Å². The van der Waals surface area contributed by atoms with Crippen LogP contribution < -0.4 is 11.1 Å². The maximum atomic E-state index is 12.1. The summed E-state index contributed by atoms with van der Waals surface area (Å²) in [6.45, 7) is 3.14. The molecule has 0 spiro atoms. The molecule has 0 unspecified atom stereocenters. The van der Waals surface area contributed by atoms with E-state index in [1.165, 1.54) is 10.6 Å². The van der Waals surface area contributed by atoms with Gasteiger partial charge in [-0.25, -0.2) is 12.7 Å². The van der Waals surface area contributed by atoms with Crippen molar-refractivity contribution in [3.63, 3.8) is 0 Å². The molecule has 1 aliphatic rings. The van der Waals surface area contributed by atoms with Crippen LogP contribution in [0.5, 0.6) is 0 Å². The Morgan fingerprint density at radius 2 is 1.86 bits per heavy atom. The molecule has 126 valence electrons. The van der Waals surface area contributed by atoms with Crippen LogP contribution in [-0.2, 0) is 14.8 Å². The van der Waals surface area contributed by atoms with Crippen molar-refractivity contribution in [3.05, 3.63) is 0 Å². The first-order valence-corrected chi connectivity index (χ1v) is 9.17. The molecule has 21 heavy (non-hydrogen) atoms. The van der Waals surface area contributed by atoms with Gasteiger partial charge in [-0.15, -0.1) is 12.4 Å². The van der Waals surface area contributed by atoms with Crippen molar-refractivity contribution < 1.29 is 13.2 Å². The van der Waals surface area contributed by atoms with Gasteiger partial charge in [0.2, 0.25) is 15.9 Å². The lowest BCUT2D eigenvalue weighted by Gasteiger charge is -2.31. The highest BCUT2D eigenvalue weighted by Gasteiger charge is 2.34. The number of nitrogens with one attached hydrogen (secondary N) is 1. The molecule has 1 amide bonds. The number of hydrogen-bond acceptors (Lipinski definition) is 4. The number of sulfonamides is 1. The fourth-order valence-electron chi connectivity index (χ4n) is 2.60. The van der Waals surface area contributed by atoms with Crippen LogP contribution in [0.4, 0.5) is 0 Å². The molecular weight excluding hydrogens is 314 g/mol. The summed E-state index contributed by atoms with van der Waals surface area (Å²) >= 11 is 0. The first kappa shape index (κ1) is 20.6. The average Bonchev–Trinajstić information content (AvgIpc) is 2.37. The van der Waals surface area contributed by atoms with Gasteiger partial charge in [0.05, 0.1) is 11.8 Å². The Kier molecular flexibility index (Phi) is 8.77. The number of rotatable bonds is 7. The zero-order valence-corrected chi connectivity index (χ0v) is 14.6. The maximum absolute atomic E-state index is 12.1. The van der Waals surface area contributed by atoms with Crippen molar-refractivity contribution in [2.24, 2.45) is 5.73 Å². The molecule has 3 N–H and O–H groups in total. The molecule has 0 aromatic heterocycles. The van der Waals surface area contributed by atoms with Gasteiger partial charge in [-0.1, -0.05) is 26.2 Å². The normalized spacial score (nSPS) is 18.1. The molecule has 1 fully saturated rings. The molecule has 8 heteroatoms. The second-order valence-corrected chi connectivity index (χ2v) is 7.56. The van der Waals surface area contributed by atoms with E-state index in [0.29, 0.717) is 26.1 Å². The van der Waals surface area contributed by atoms with Crippen molar-refractivity contribution in [1.29, 1.82) is 0 Å². The summed E-state index contributed by atoms with van der Waals surface area (Å²) in [7, 11) is -3.15. The Morgan fingerprint density at radius 1 is 1.29 bits per heavy atom. The number of hydrogen-bond donors (Lipinski definition) is 2. The van der Waals surface area contributed by atoms with E-state index < -0.39 is 15.6 Å². The second-order valence-electron chi connectivity index (χ2n) is 5.58. The number of halogens is 1. The van der Waals surface area contributed by atoms with Gasteiger partial charge >= 0.3 is 0 Å². The van der Waals surface area contributed by atoms with E-state index in [1.807, 2.05) is 0 Å². The van der Waals surface area contributed by atoms with Gasteiger partial charge in [0.15, 0.2) is 0 Å². The quantitative estimate of drug-likeness (QED) is 0.672. The van der Waals surface area contributed by atoms with Gasteiger partial charge in [0.25, 0.3) is 0 Å². The van der Waals surface area contributed by atoms with Crippen LogP contribution in [0.2, 0.25) is 0 Å². The van der Waals surface area contributed by atoms with Gasteiger partial charge in [-0.05, 0) is 19.3 Å². The van der Waals surface area contributed by atoms with Crippen molar-refractivity contribution in [1.82, 2.24) is 9.62 Å². The Bertz CT molecular complexity index is 422. The minimum absolute atomic E-state index is 0. The van der Waals surface area contributed by atoms with Crippen LogP contribution in [0.3, 0.4) is 0 Å². The number of amides is 1. The maximum Gasteiger partial charge on any atom is 0.240 e. The summed E-state index contributed by atoms with van der Waals surface area (Å²) in [5.74, 6) is -0.0976. The lowest BCUT2D eigenvalue weighted by atomic mass is 9.82. The predicted octanol–water partition coefficient (Wildman–Crippen LogP) is 0.858. The van der Waals surface area contributed by atoms with E-state index in [-0.39, 0.29) is 18.3 Å². The van der Waals surface area contributed by atoms with Crippen LogP contribution in [0.1, 0.15) is 45.4 Å². The molecule has 0 atom stereocenters. The Balaban J connectivity index is 0.00000400. The van der Waals surface area contributed by atoms with Crippen LogP contribution in [0.15, 0.2) is 0 Å². The standard InChI is InChI=1S/C13H27N3O3S.ClH/c1-3-16(20(2,18)19)11-7-10-15-12(17)13(14)8-5-4-6-9-13;/h3-11,14H2,1-2H3,(H,15,17);1H. The number of nitrogens with two attached hydrogens (primary N) is 1. The second kappa shape index (κ2) is 8.92. The molecule has 0 radical (unpaired) electrons. The Hall–Kier alpha value is -0.370. The van der Waals surface area contributed by atoms with E-state index in [1.54, 1.807) is 6.92 Å². The van der Waals surface area contributed by atoms with Crippen molar-refractivity contribution >= 4 is 28.3 Å². The van der Waals surface area contributed by atoms with E-state index >= 15 is 0 Å². The topological polar surface area (TPSA) is 92.5 Å². The fourth-order valence-corrected chi connectivity index (χ4v) is 3.53. The molecular formula is C13H28ClN3O3S. The molecule has 0 aromatic rings. The van der Waals surface area contributed by atoms with Crippen molar-refractivity contribution in [3.8, 4) is 0 Å². The van der Waals surface area contributed by atoms with E-state index in [2.05, 4.69) is 5.32 Å². The minimum Gasteiger partial charge on any atom is -0.354 e. The summed E-state index contributed by atoms with van der Waals surface area (Å²) in [6.07, 6.45) is 6.43. The molecule has 0 saturated heterocycles. The van der Waals surface area contributed by atoms with Crippen molar-refractivity contribution in [2.75, 3.05) is 25.9 Å². The van der Waals surface area contributed by atoms with E-state index in [9.17, 15) is 13.2 Å². The molecule has 0 heterocycles. The van der Waals surface area contributed by atoms with E-state index in [4.69, 9.17) is 5.73 Å². The smallest absolute Gasteiger partial charge is 0.240 e. The molecule has 0 bridgehead atoms. The highest BCUT2D eigenvalue weighted by atomic mass is 35.5. The molecule has 1 rings (SSSR count). The molecule has 0 aliphatic heterocycles. The van der Waals surface area contributed by atoms with Gasteiger partial charge in [-0.2, -0.15) is 0 Å². The summed E-state index contributed by atoms with van der Waals surface area (Å²) in [6, 6.07) is 0. The van der Waals surface area contributed by atoms with Gasteiger partial charge in [0.1, 0.15) is 0 Å². The molecule has 6 nitrogen and oxygen atoms in total. The summed E-state index contributed by atoms with van der Waals surface area (Å²) in [5, 5.41) is 2.84. The highest BCUT2D eigenvalue weighted by Crippen LogP contribution is 2.25. The number of carbonyl (C=O) groups is 1. The Labute approximate surface area is 134 Å². The highest BCUT2D eigenvalue weighted by molar-refractivity contribution is 7.88. The van der Waals surface area contributed by atoms with Gasteiger partial charge in [-0.3, -0.25) is 4.79 Å². The first-order valence-electron chi connectivity index (χ1n) is 7.32. The minimum atomic E-state index is -3.15. The van der Waals surface area contributed by atoms with Crippen LogP contribution >= 0.6 is 12.4 Å². The van der Waals surface area contributed by atoms with E-state index in [0.717, 1.165) is 32.1 Å². The SMILES string of the molecule is CCN(CCCNC(=O)C1(N)CCCCC1)S(C)(=O)=O.Cl. The Morgan fingerprint density at radius 3 is 2.33 bits per heavy atom. The average molecular weight is 342 g/mol. The largest absolute Gasteiger partial charge is 0.354 e. The third-order valence-corrected chi connectivity index (χ3v) is 5.27. The lowest BCUT2D eigenvalue weighted by Crippen LogP contribution is -2.55. The third-order valence-electron chi connectivity index (χ3n) is 3.89. The number of carbonyl (C=O) groups excluding carboxylic acids is 1. The van der Waals surface area contributed by atoms with Crippen LogP contribution in [-0.4, -0.2) is 50.1 Å². The lowest BCUT2D eigenvalue weighted by molar-refractivity contribution is -0.127. The molecule has 1 saturated carbocycles. The van der Waals surface area contributed by atoms with Crippen LogP contribution in [0, 0.1) is 0 Å². The third kappa shape index (κ3) is 6.50. The molecule has 0 aromatic carbocycles. The monoisotopic (exact) mass is 341 g/mol. The fraction of sp³-hybridized carbons (Fsp3) is 0.923. The zero-order valence-electron chi connectivity index (χ0n) is 12.9. The first-order chi connectivity index (χ1) is 9.29. The van der Waals surface area contributed by atoms with Gasteiger partial charge < -0.3 is 11.1 Å². The summed E-state index contributed by atoms with van der Waals surface area (Å²) in [5.41, 5.74) is 5.40. The van der Waals surface area contributed by atoms with Crippen LogP contribution in [0.25, 0.3) is 0 Å². The summed E-state index contributed by atoms with van der Waals surface area (Å²) in [4.78, 5) is 12.1. The molecule has 1 aliphatic carbocycles.